The van der Waals surface area contributed by atoms with Gasteiger partial charge in [0.15, 0.2) is 0 Å². The first kappa shape index (κ1) is 14.0. The second-order valence-corrected chi connectivity index (χ2v) is 6.67. The van der Waals surface area contributed by atoms with E-state index in [-0.39, 0.29) is 0 Å². The zero-order valence-corrected chi connectivity index (χ0v) is 12.0. The minimum Gasteiger partial charge on any atom is -0.327 e. The maximum absolute atomic E-state index is 6.13. The Kier molecular flexibility index (Phi) is 4.42. The number of hydrogen-bond acceptors (Lipinski definition) is 2. The van der Waals surface area contributed by atoms with E-state index in [1.807, 2.05) is 0 Å². The third-order valence-electron chi connectivity index (χ3n) is 4.94. The van der Waals surface area contributed by atoms with Crippen LogP contribution in [0.25, 0.3) is 0 Å². The molecule has 2 N–H and O–H groups in total. The van der Waals surface area contributed by atoms with Crippen molar-refractivity contribution >= 4 is 0 Å². The fourth-order valence-corrected chi connectivity index (χ4v) is 2.40. The topological polar surface area (TPSA) is 29.3 Å². The molecule has 96 valence electrons. The zero-order chi connectivity index (χ0) is 12.5. The van der Waals surface area contributed by atoms with Crippen molar-refractivity contribution < 1.29 is 0 Å². The van der Waals surface area contributed by atoms with Crippen LogP contribution in [0.5, 0.6) is 0 Å². The van der Waals surface area contributed by atoms with Gasteiger partial charge < -0.3 is 5.73 Å². The summed E-state index contributed by atoms with van der Waals surface area (Å²) in [5.74, 6) is 1.35. The van der Waals surface area contributed by atoms with E-state index in [4.69, 9.17) is 5.73 Å². The average molecular weight is 226 g/mol. The highest BCUT2D eigenvalue weighted by molar-refractivity contribution is 4.89. The van der Waals surface area contributed by atoms with Gasteiger partial charge in [-0.15, -0.1) is 0 Å². The van der Waals surface area contributed by atoms with Gasteiger partial charge in [-0.2, -0.15) is 0 Å². The second kappa shape index (κ2) is 5.05. The summed E-state index contributed by atoms with van der Waals surface area (Å²) < 4.78 is 0. The minimum absolute atomic E-state index is 0.397. The first-order chi connectivity index (χ1) is 7.25. The predicted octanol–water partition coefficient (Wildman–Crippen LogP) is 2.73. The number of likely N-dealkylation sites (tertiary alicyclic amines) is 1. The van der Waals surface area contributed by atoms with Gasteiger partial charge in [-0.05, 0) is 37.1 Å². The Bertz CT molecular complexity index is 223. The normalized spacial score (nSPS) is 33.4. The highest BCUT2D eigenvalue weighted by Gasteiger charge is 2.34. The van der Waals surface area contributed by atoms with Gasteiger partial charge >= 0.3 is 0 Å². The molecular weight excluding hydrogens is 196 g/mol. The van der Waals surface area contributed by atoms with Crippen LogP contribution in [0.1, 0.15) is 48.0 Å². The van der Waals surface area contributed by atoms with E-state index in [1.54, 1.807) is 0 Å². The zero-order valence-electron chi connectivity index (χ0n) is 12.0. The Morgan fingerprint density at radius 1 is 1.31 bits per heavy atom. The van der Waals surface area contributed by atoms with Gasteiger partial charge in [-0.1, -0.05) is 34.6 Å². The standard InChI is InChI=1S/C14H30N2/c1-10(2)14(5,6)9-16-8-7-13(15)11(3)12(16)4/h10-13H,7-9,15H2,1-6H3. The van der Waals surface area contributed by atoms with Crippen molar-refractivity contribution in [3.05, 3.63) is 0 Å². The van der Waals surface area contributed by atoms with Crippen LogP contribution in [-0.2, 0) is 0 Å². The van der Waals surface area contributed by atoms with E-state index < -0.39 is 0 Å². The molecule has 0 saturated carbocycles. The molecule has 0 amide bonds. The highest BCUT2D eigenvalue weighted by atomic mass is 15.2. The van der Waals surface area contributed by atoms with E-state index in [0.29, 0.717) is 23.4 Å². The molecule has 1 rings (SSSR count). The molecule has 0 aliphatic carbocycles. The van der Waals surface area contributed by atoms with Gasteiger partial charge in [-0.3, -0.25) is 4.90 Å². The van der Waals surface area contributed by atoms with E-state index in [0.717, 1.165) is 12.3 Å². The molecule has 3 unspecified atom stereocenters. The van der Waals surface area contributed by atoms with Crippen LogP contribution in [0, 0.1) is 17.3 Å². The molecule has 3 atom stereocenters. The van der Waals surface area contributed by atoms with Crippen molar-refractivity contribution in [3.8, 4) is 0 Å². The summed E-state index contributed by atoms with van der Waals surface area (Å²) in [5, 5.41) is 0. The molecule has 0 radical (unpaired) electrons. The number of nitrogens with zero attached hydrogens (tertiary/aromatic N) is 1. The molecule has 0 spiro atoms. The van der Waals surface area contributed by atoms with Crippen LogP contribution in [-0.4, -0.2) is 30.1 Å². The molecule has 1 aliphatic rings. The number of piperidine rings is 1. The van der Waals surface area contributed by atoms with Gasteiger partial charge in [0.05, 0.1) is 0 Å². The highest BCUT2D eigenvalue weighted by Crippen LogP contribution is 2.31. The Balaban J connectivity index is 2.62. The molecular formula is C14H30N2. The second-order valence-electron chi connectivity index (χ2n) is 6.67. The first-order valence-electron chi connectivity index (χ1n) is 6.75. The van der Waals surface area contributed by atoms with Crippen LogP contribution in [0.4, 0.5) is 0 Å². The molecule has 0 bridgehead atoms. The van der Waals surface area contributed by atoms with Crippen LogP contribution >= 0.6 is 0 Å². The van der Waals surface area contributed by atoms with Crippen molar-refractivity contribution in [2.24, 2.45) is 23.0 Å². The predicted molar refractivity (Wildman–Crippen MR) is 71.4 cm³/mol. The molecule has 0 aromatic carbocycles. The molecule has 16 heavy (non-hydrogen) atoms. The molecule has 1 saturated heterocycles. The van der Waals surface area contributed by atoms with E-state index >= 15 is 0 Å². The van der Waals surface area contributed by atoms with Crippen molar-refractivity contribution in [1.29, 1.82) is 0 Å². The summed E-state index contributed by atoms with van der Waals surface area (Å²) in [6, 6.07) is 1.02. The van der Waals surface area contributed by atoms with Crippen LogP contribution < -0.4 is 5.73 Å². The summed E-state index contributed by atoms with van der Waals surface area (Å²) in [4.78, 5) is 2.63. The number of nitrogens with two attached hydrogens (primary N) is 1. The summed E-state index contributed by atoms with van der Waals surface area (Å²) in [7, 11) is 0. The van der Waals surface area contributed by atoms with Gasteiger partial charge in [0, 0.05) is 18.6 Å². The lowest BCUT2D eigenvalue weighted by Crippen LogP contribution is -2.54. The summed E-state index contributed by atoms with van der Waals surface area (Å²) in [6.07, 6.45) is 1.15. The largest absolute Gasteiger partial charge is 0.327 e. The average Bonchev–Trinajstić information content (AvgIpc) is 2.19. The third-order valence-corrected chi connectivity index (χ3v) is 4.94. The smallest absolute Gasteiger partial charge is 0.0108 e. The maximum atomic E-state index is 6.13. The van der Waals surface area contributed by atoms with Crippen LogP contribution in [0.3, 0.4) is 0 Å². The molecule has 1 fully saturated rings. The summed E-state index contributed by atoms with van der Waals surface area (Å²) >= 11 is 0. The molecule has 0 aromatic heterocycles. The fraction of sp³-hybridized carbons (Fsp3) is 1.00. The van der Waals surface area contributed by atoms with Gasteiger partial charge in [0.2, 0.25) is 0 Å². The Hall–Kier alpha value is -0.0800. The Morgan fingerprint density at radius 2 is 1.88 bits per heavy atom. The van der Waals surface area contributed by atoms with Gasteiger partial charge in [0.25, 0.3) is 0 Å². The quantitative estimate of drug-likeness (QED) is 0.802. The minimum atomic E-state index is 0.397. The van der Waals surface area contributed by atoms with E-state index in [9.17, 15) is 0 Å². The van der Waals surface area contributed by atoms with Crippen molar-refractivity contribution in [2.45, 2.75) is 60.0 Å². The van der Waals surface area contributed by atoms with Crippen molar-refractivity contribution in [2.75, 3.05) is 13.1 Å². The fourth-order valence-electron chi connectivity index (χ4n) is 2.40. The van der Waals surface area contributed by atoms with Gasteiger partial charge in [0.1, 0.15) is 0 Å². The first-order valence-corrected chi connectivity index (χ1v) is 6.75. The molecule has 1 heterocycles. The van der Waals surface area contributed by atoms with Crippen LogP contribution in [0.2, 0.25) is 0 Å². The molecule has 0 aromatic rings. The number of hydrogen-bond donors (Lipinski definition) is 1. The Morgan fingerprint density at radius 3 is 2.38 bits per heavy atom. The van der Waals surface area contributed by atoms with E-state index in [1.165, 1.54) is 13.1 Å². The van der Waals surface area contributed by atoms with Crippen molar-refractivity contribution in [1.82, 2.24) is 4.90 Å². The lowest BCUT2D eigenvalue weighted by Gasteiger charge is -2.45. The van der Waals surface area contributed by atoms with Gasteiger partial charge in [-0.25, -0.2) is 0 Å². The summed E-state index contributed by atoms with van der Waals surface area (Å²) in [6.45, 7) is 16.4. The summed E-state index contributed by atoms with van der Waals surface area (Å²) in [5.41, 5.74) is 6.53. The monoisotopic (exact) mass is 226 g/mol. The maximum Gasteiger partial charge on any atom is 0.0108 e. The molecule has 2 nitrogen and oxygen atoms in total. The van der Waals surface area contributed by atoms with Crippen LogP contribution in [0.15, 0.2) is 0 Å². The number of rotatable bonds is 3. The Labute approximate surface area is 102 Å². The third kappa shape index (κ3) is 2.98. The lowest BCUT2D eigenvalue weighted by atomic mass is 9.78. The van der Waals surface area contributed by atoms with Crippen molar-refractivity contribution in [3.63, 3.8) is 0 Å². The lowest BCUT2D eigenvalue weighted by molar-refractivity contribution is 0.0450. The molecule has 2 heteroatoms. The SMILES string of the molecule is CC1C(N)CCN(CC(C)(C)C(C)C)C1C. The van der Waals surface area contributed by atoms with E-state index in [2.05, 4.69) is 46.4 Å². The molecule has 1 aliphatic heterocycles.